The van der Waals surface area contributed by atoms with E-state index in [-0.39, 0.29) is 0 Å². The zero-order chi connectivity index (χ0) is 17.0. The Hall–Kier alpha value is -2.14. The molecule has 0 aliphatic carbocycles. The minimum atomic E-state index is 0.422. The van der Waals surface area contributed by atoms with Crippen LogP contribution in [0.5, 0.6) is 5.88 Å². The largest absolute Gasteiger partial charge is 0.471 e. The van der Waals surface area contributed by atoms with Crippen molar-refractivity contribution >= 4 is 5.69 Å². The number of hydrogen-bond acceptors (Lipinski definition) is 5. The molecule has 0 radical (unpaired) electrons. The zero-order valence-electron chi connectivity index (χ0n) is 14.3. The highest BCUT2D eigenvalue weighted by Gasteiger charge is 2.05. The topological polar surface area (TPSA) is 87.0 Å². The van der Waals surface area contributed by atoms with Gasteiger partial charge in [-0.05, 0) is 18.1 Å². The molecule has 1 aromatic carbocycles. The van der Waals surface area contributed by atoms with Gasteiger partial charge < -0.3 is 16.2 Å². The first-order valence-corrected chi connectivity index (χ1v) is 7.68. The third-order valence-corrected chi connectivity index (χ3v) is 2.68. The third-order valence-electron chi connectivity index (χ3n) is 2.68. The lowest BCUT2D eigenvalue weighted by Crippen LogP contribution is -2.04. The Balaban J connectivity index is 0.00000102. The SMILES string of the molecule is CC.CC.Cc1ncnc(OCc2ccc(CN)cc2)c1N. The van der Waals surface area contributed by atoms with Crippen molar-refractivity contribution in [2.24, 2.45) is 5.73 Å². The lowest BCUT2D eigenvalue weighted by Gasteiger charge is -2.09. The molecule has 0 atom stereocenters. The van der Waals surface area contributed by atoms with Gasteiger partial charge in [0, 0.05) is 6.54 Å². The molecule has 0 spiro atoms. The zero-order valence-corrected chi connectivity index (χ0v) is 14.3. The van der Waals surface area contributed by atoms with Gasteiger partial charge in [-0.15, -0.1) is 0 Å². The molecule has 2 rings (SSSR count). The number of hydrogen-bond donors (Lipinski definition) is 2. The average molecular weight is 304 g/mol. The van der Waals surface area contributed by atoms with Gasteiger partial charge in [-0.2, -0.15) is 4.98 Å². The summed E-state index contributed by atoms with van der Waals surface area (Å²) in [6.45, 7) is 10.8. The Kier molecular flexibility index (Phi) is 10.4. The third kappa shape index (κ3) is 6.10. The van der Waals surface area contributed by atoms with Gasteiger partial charge in [-0.25, -0.2) is 4.98 Å². The normalized spacial score (nSPS) is 9.00. The molecule has 1 heterocycles. The van der Waals surface area contributed by atoms with Crippen LogP contribution in [0, 0.1) is 6.92 Å². The molecule has 0 saturated heterocycles. The molecule has 0 aliphatic rings. The molecule has 122 valence electrons. The minimum Gasteiger partial charge on any atom is -0.471 e. The predicted molar refractivity (Wildman–Crippen MR) is 92.5 cm³/mol. The number of nitrogens with zero attached hydrogens (tertiary/aromatic N) is 2. The van der Waals surface area contributed by atoms with Gasteiger partial charge in [0.2, 0.25) is 5.88 Å². The maximum Gasteiger partial charge on any atom is 0.240 e. The van der Waals surface area contributed by atoms with Crippen molar-refractivity contribution in [3.63, 3.8) is 0 Å². The van der Waals surface area contributed by atoms with Crippen molar-refractivity contribution < 1.29 is 4.74 Å². The lowest BCUT2D eigenvalue weighted by molar-refractivity contribution is 0.295. The number of nitrogen functional groups attached to an aromatic ring is 1. The van der Waals surface area contributed by atoms with Crippen molar-refractivity contribution in [2.75, 3.05) is 5.73 Å². The second-order valence-corrected chi connectivity index (χ2v) is 3.99. The fourth-order valence-corrected chi connectivity index (χ4v) is 1.50. The first-order chi connectivity index (χ1) is 10.7. The molecule has 0 aliphatic heterocycles. The summed E-state index contributed by atoms with van der Waals surface area (Å²) in [4.78, 5) is 8.00. The summed E-state index contributed by atoms with van der Waals surface area (Å²) >= 11 is 0. The van der Waals surface area contributed by atoms with Crippen LogP contribution < -0.4 is 16.2 Å². The molecular formula is C17H28N4O. The van der Waals surface area contributed by atoms with Crippen LogP contribution in [0.2, 0.25) is 0 Å². The van der Waals surface area contributed by atoms with E-state index >= 15 is 0 Å². The summed E-state index contributed by atoms with van der Waals surface area (Å²) in [5.74, 6) is 0.422. The molecule has 0 amide bonds. The van der Waals surface area contributed by atoms with E-state index in [4.69, 9.17) is 16.2 Å². The van der Waals surface area contributed by atoms with E-state index in [1.54, 1.807) is 0 Å². The summed E-state index contributed by atoms with van der Waals surface area (Å²) in [5.41, 5.74) is 14.7. The van der Waals surface area contributed by atoms with E-state index in [1.165, 1.54) is 6.33 Å². The van der Waals surface area contributed by atoms with Crippen LogP contribution in [0.25, 0.3) is 0 Å². The van der Waals surface area contributed by atoms with Crippen LogP contribution in [0.1, 0.15) is 44.5 Å². The highest BCUT2D eigenvalue weighted by Crippen LogP contribution is 2.20. The van der Waals surface area contributed by atoms with Gasteiger partial charge in [-0.3, -0.25) is 0 Å². The second-order valence-electron chi connectivity index (χ2n) is 3.99. The Morgan fingerprint density at radius 1 is 0.955 bits per heavy atom. The van der Waals surface area contributed by atoms with E-state index in [0.29, 0.717) is 24.7 Å². The predicted octanol–water partition coefficient (Wildman–Crippen LogP) is 3.46. The van der Waals surface area contributed by atoms with E-state index in [2.05, 4.69) is 9.97 Å². The van der Waals surface area contributed by atoms with Crippen LogP contribution in [0.4, 0.5) is 5.69 Å². The Labute approximate surface area is 133 Å². The summed E-state index contributed by atoms with van der Waals surface area (Å²) < 4.78 is 5.57. The van der Waals surface area contributed by atoms with Crippen molar-refractivity contribution in [1.82, 2.24) is 9.97 Å². The standard InChI is InChI=1S/C13H16N4O.2C2H6/c1-9-12(15)13(17-8-16-9)18-7-11-4-2-10(6-14)3-5-11;2*1-2/h2-5,8H,6-7,14-15H2,1H3;2*1-2H3. The molecule has 0 saturated carbocycles. The van der Waals surface area contributed by atoms with Crippen molar-refractivity contribution in [2.45, 2.75) is 47.8 Å². The fourth-order valence-electron chi connectivity index (χ4n) is 1.50. The smallest absolute Gasteiger partial charge is 0.240 e. The molecule has 1 aromatic heterocycles. The van der Waals surface area contributed by atoms with Gasteiger partial charge in [0.25, 0.3) is 0 Å². The fraction of sp³-hybridized carbons (Fsp3) is 0.412. The molecular weight excluding hydrogens is 276 g/mol. The highest BCUT2D eigenvalue weighted by molar-refractivity contribution is 5.50. The number of ether oxygens (including phenoxy) is 1. The Morgan fingerprint density at radius 2 is 1.50 bits per heavy atom. The summed E-state index contributed by atoms with van der Waals surface area (Å²) in [5, 5.41) is 0. The highest BCUT2D eigenvalue weighted by atomic mass is 16.5. The number of nitrogens with two attached hydrogens (primary N) is 2. The second kappa shape index (κ2) is 11.5. The number of aryl methyl sites for hydroxylation is 1. The number of benzene rings is 1. The quantitative estimate of drug-likeness (QED) is 0.903. The molecule has 22 heavy (non-hydrogen) atoms. The molecule has 0 bridgehead atoms. The van der Waals surface area contributed by atoms with Crippen molar-refractivity contribution in [3.05, 3.63) is 47.4 Å². The van der Waals surface area contributed by atoms with E-state index in [1.807, 2.05) is 58.9 Å². The molecule has 0 fully saturated rings. The van der Waals surface area contributed by atoms with Gasteiger partial charge in [0.05, 0.1) is 5.69 Å². The van der Waals surface area contributed by atoms with Crippen LogP contribution in [-0.2, 0) is 13.2 Å². The van der Waals surface area contributed by atoms with Gasteiger partial charge in [0.15, 0.2) is 0 Å². The van der Waals surface area contributed by atoms with Gasteiger partial charge in [0.1, 0.15) is 18.6 Å². The first-order valence-electron chi connectivity index (χ1n) is 7.68. The number of anilines is 1. The summed E-state index contributed by atoms with van der Waals surface area (Å²) in [6, 6.07) is 7.92. The van der Waals surface area contributed by atoms with Gasteiger partial charge in [-0.1, -0.05) is 52.0 Å². The average Bonchev–Trinajstić information content (AvgIpc) is 2.60. The van der Waals surface area contributed by atoms with E-state index < -0.39 is 0 Å². The number of rotatable bonds is 4. The van der Waals surface area contributed by atoms with Crippen LogP contribution >= 0.6 is 0 Å². The summed E-state index contributed by atoms with van der Waals surface area (Å²) in [6.07, 6.45) is 1.44. The van der Waals surface area contributed by atoms with E-state index in [9.17, 15) is 0 Å². The molecule has 2 aromatic rings. The lowest BCUT2D eigenvalue weighted by atomic mass is 10.1. The van der Waals surface area contributed by atoms with Crippen molar-refractivity contribution in [3.8, 4) is 5.88 Å². The van der Waals surface area contributed by atoms with Crippen molar-refractivity contribution in [1.29, 1.82) is 0 Å². The monoisotopic (exact) mass is 304 g/mol. The first kappa shape index (κ1) is 19.9. The minimum absolute atomic E-state index is 0.422. The Bertz CT molecular complexity index is 527. The number of aromatic nitrogens is 2. The van der Waals surface area contributed by atoms with Gasteiger partial charge >= 0.3 is 0 Å². The van der Waals surface area contributed by atoms with E-state index in [0.717, 1.165) is 16.8 Å². The summed E-state index contributed by atoms with van der Waals surface area (Å²) in [7, 11) is 0. The molecule has 5 heteroatoms. The maximum absolute atomic E-state index is 5.83. The Morgan fingerprint density at radius 3 is 2.05 bits per heavy atom. The molecule has 4 N–H and O–H groups in total. The van der Waals surface area contributed by atoms with Crippen LogP contribution in [0.15, 0.2) is 30.6 Å². The van der Waals surface area contributed by atoms with Crippen LogP contribution in [0.3, 0.4) is 0 Å². The maximum atomic E-state index is 5.83. The molecule has 5 nitrogen and oxygen atoms in total. The van der Waals surface area contributed by atoms with Crippen LogP contribution in [-0.4, -0.2) is 9.97 Å². The molecule has 0 unspecified atom stereocenters.